The van der Waals surface area contributed by atoms with Crippen LogP contribution in [0, 0.1) is 6.42 Å². The molecule has 0 aromatic carbocycles. The molecule has 0 N–H and O–H groups in total. The Hall–Kier alpha value is -0.150. The summed E-state index contributed by atoms with van der Waals surface area (Å²) in [5.41, 5.74) is 0. The lowest BCUT2D eigenvalue weighted by Crippen LogP contribution is -1.90. The quantitative estimate of drug-likeness (QED) is 0.708. The third kappa shape index (κ3) is 2.92. The smallest absolute Gasteiger partial charge is 0.106 e. The fourth-order valence-electron chi connectivity index (χ4n) is 1.34. The molecule has 1 atom stereocenters. The predicted octanol–water partition coefficient (Wildman–Crippen LogP) is 3.58. The average molecular weight is 210 g/mol. The van der Waals surface area contributed by atoms with Gasteiger partial charge in [-0.15, -0.1) is 0 Å². The maximum atomic E-state index is 4.27. The van der Waals surface area contributed by atoms with E-state index in [9.17, 15) is 0 Å². The van der Waals surface area contributed by atoms with Crippen molar-refractivity contribution in [3.8, 4) is 0 Å². The Bertz CT molecular complexity index is 244. The first kappa shape index (κ1) is 9.41. The fraction of sp³-hybridized carbons (Fsp3) is 0.400. The van der Waals surface area contributed by atoms with Gasteiger partial charge in [0.15, 0.2) is 0 Å². The summed E-state index contributed by atoms with van der Waals surface area (Å²) in [6.45, 7) is 0. The highest BCUT2D eigenvalue weighted by atomic mass is 33.1. The van der Waals surface area contributed by atoms with Crippen LogP contribution in [0.5, 0.6) is 0 Å². The largest absolute Gasteiger partial charge is 0.249 e. The molecule has 69 valence electrons. The Morgan fingerprint density at radius 2 is 2.38 bits per heavy atom. The number of pyridine rings is 1. The molecule has 13 heavy (non-hydrogen) atoms. The van der Waals surface area contributed by atoms with Crippen LogP contribution in [-0.4, -0.2) is 10.2 Å². The molecule has 1 aliphatic rings. The zero-order valence-corrected chi connectivity index (χ0v) is 8.98. The van der Waals surface area contributed by atoms with Crippen molar-refractivity contribution in [1.82, 2.24) is 4.98 Å². The summed E-state index contributed by atoms with van der Waals surface area (Å²) in [5, 5.41) is 1.86. The number of nitrogens with zero attached hydrogens (tertiary/aromatic N) is 1. The fourth-order valence-corrected chi connectivity index (χ4v) is 3.76. The Morgan fingerprint density at radius 3 is 3.08 bits per heavy atom. The van der Waals surface area contributed by atoms with Crippen molar-refractivity contribution in [3.63, 3.8) is 0 Å². The number of aromatic nitrogens is 1. The van der Waals surface area contributed by atoms with Crippen molar-refractivity contribution < 1.29 is 0 Å². The predicted molar refractivity (Wildman–Crippen MR) is 59.6 cm³/mol. The SMILES string of the molecule is [CH]1CCC[C@@H]1SSc1ccccn1. The highest BCUT2D eigenvalue weighted by Gasteiger charge is 2.16. The number of hydrogen-bond acceptors (Lipinski definition) is 3. The minimum absolute atomic E-state index is 0.743. The zero-order chi connectivity index (χ0) is 8.93. The summed E-state index contributed by atoms with van der Waals surface area (Å²) in [5.74, 6) is 0. The molecule has 1 aliphatic carbocycles. The van der Waals surface area contributed by atoms with Crippen LogP contribution in [0.25, 0.3) is 0 Å². The Balaban J connectivity index is 1.79. The van der Waals surface area contributed by atoms with Gasteiger partial charge in [0, 0.05) is 11.4 Å². The van der Waals surface area contributed by atoms with Crippen LogP contribution >= 0.6 is 21.6 Å². The number of hydrogen-bond donors (Lipinski definition) is 0. The van der Waals surface area contributed by atoms with Gasteiger partial charge in [-0.05, 0) is 42.2 Å². The van der Waals surface area contributed by atoms with E-state index in [0.717, 1.165) is 10.3 Å². The van der Waals surface area contributed by atoms with Crippen molar-refractivity contribution in [2.45, 2.75) is 29.5 Å². The molecular formula is C10H12NS2. The van der Waals surface area contributed by atoms with Gasteiger partial charge in [-0.3, -0.25) is 0 Å². The van der Waals surface area contributed by atoms with Gasteiger partial charge >= 0.3 is 0 Å². The van der Waals surface area contributed by atoms with E-state index >= 15 is 0 Å². The molecule has 2 rings (SSSR count). The third-order valence-electron chi connectivity index (χ3n) is 2.02. The molecule has 3 heteroatoms. The van der Waals surface area contributed by atoms with Gasteiger partial charge in [-0.2, -0.15) is 0 Å². The summed E-state index contributed by atoms with van der Waals surface area (Å²) < 4.78 is 0. The Kier molecular flexibility index (Phi) is 3.56. The molecule has 0 unspecified atom stereocenters. The molecule has 0 aliphatic heterocycles. The maximum Gasteiger partial charge on any atom is 0.106 e. The van der Waals surface area contributed by atoms with Crippen LogP contribution in [0.2, 0.25) is 0 Å². The first-order valence-electron chi connectivity index (χ1n) is 4.53. The Morgan fingerprint density at radius 1 is 1.38 bits per heavy atom. The molecule has 1 fully saturated rings. The minimum atomic E-state index is 0.743. The van der Waals surface area contributed by atoms with E-state index in [4.69, 9.17) is 0 Å². The van der Waals surface area contributed by atoms with Gasteiger partial charge in [0.1, 0.15) is 5.03 Å². The molecule has 1 aromatic rings. The standard InChI is InChI=1S/C10H12NS2/c1-2-6-9(5-1)12-13-10-7-3-4-8-11-10/h3-5,7-9H,1-2,6H2/t9-/m1/s1. The van der Waals surface area contributed by atoms with Gasteiger partial charge in [0.25, 0.3) is 0 Å². The van der Waals surface area contributed by atoms with Gasteiger partial charge in [-0.1, -0.05) is 23.3 Å². The van der Waals surface area contributed by atoms with Crippen molar-refractivity contribution in [2.75, 3.05) is 0 Å². The lowest BCUT2D eigenvalue weighted by atomic mass is 10.4. The monoisotopic (exact) mass is 210 g/mol. The van der Waals surface area contributed by atoms with Gasteiger partial charge in [0.2, 0.25) is 0 Å². The van der Waals surface area contributed by atoms with E-state index in [0.29, 0.717) is 0 Å². The first-order chi connectivity index (χ1) is 6.45. The van der Waals surface area contributed by atoms with Crippen LogP contribution in [0.1, 0.15) is 19.3 Å². The molecule has 0 bridgehead atoms. The molecule has 0 saturated heterocycles. The molecule has 1 heterocycles. The second kappa shape index (κ2) is 4.91. The lowest BCUT2D eigenvalue weighted by Gasteiger charge is -2.05. The van der Waals surface area contributed by atoms with Crippen LogP contribution in [0.4, 0.5) is 0 Å². The van der Waals surface area contributed by atoms with Crippen LogP contribution in [0.15, 0.2) is 29.4 Å². The van der Waals surface area contributed by atoms with Crippen molar-refractivity contribution >= 4 is 21.6 Å². The highest BCUT2D eigenvalue weighted by Crippen LogP contribution is 2.39. The zero-order valence-electron chi connectivity index (χ0n) is 7.35. The molecule has 1 aromatic heterocycles. The van der Waals surface area contributed by atoms with Gasteiger partial charge < -0.3 is 0 Å². The van der Waals surface area contributed by atoms with Crippen LogP contribution in [-0.2, 0) is 0 Å². The van der Waals surface area contributed by atoms with E-state index in [1.165, 1.54) is 19.3 Å². The molecule has 0 amide bonds. The minimum Gasteiger partial charge on any atom is -0.249 e. The summed E-state index contributed by atoms with van der Waals surface area (Å²) in [4.78, 5) is 4.27. The molecule has 1 radical (unpaired) electrons. The molecule has 1 saturated carbocycles. The van der Waals surface area contributed by atoms with E-state index in [2.05, 4.69) is 17.5 Å². The maximum absolute atomic E-state index is 4.27. The second-order valence-electron chi connectivity index (χ2n) is 3.05. The van der Waals surface area contributed by atoms with Crippen molar-refractivity contribution in [3.05, 3.63) is 30.8 Å². The first-order valence-corrected chi connectivity index (χ1v) is 6.74. The second-order valence-corrected chi connectivity index (χ2v) is 5.51. The number of rotatable bonds is 3. The molecular weight excluding hydrogens is 198 g/mol. The van der Waals surface area contributed by atoms with Crippen LogP contribution in [0.3, 0.4) is 0 Å². The molecule has 1 nitrogen and oxygen atoms in total. The summed E-state index contributed by atoms with van der Waals surface area (Å²) in [6, 6.07) is 6.05. The lowest BCUT2D eigenvalue weighted by molar-refractivity contribution is 0.895. The van der Waals surface area contributed by atoms with Crippen molar-refractivity contribution in [2.24, 2.45) is 0 Å². The van der Waals surface area contributed by atoms with E-state index in [1.807, 2.05) is 29.1 Å². The highest BCUT2D eigenvalue weighted by molar-refractivity contribution is 8.76. The van der Waals surface area contributed by atoms with Gasteiger partial charge in [-0.25, -0.2) is 4.98 Å². The third-order valence-corrected chi connectivity index (χ3v) is 4.74. The molecule has 0 spiro atoms. The average Bonchev–Trinajstić information content (AvgIpc) is 2.69. The van der Waals surface area contributed by atoms with E-state index in [-0.39, 0.29) is 0 Å². The van der Waals surface area contributed by atoms with Crippen molar-refractivity contribution in [1.29, 1.82) is 0 Å². The summed E-state index contributed by atoms with van der Waals surface area (Å²) in [6.07, 6.45) is 8.26. The van der Waals surface area contributed by atoms with Gasteiger partial charge in [0.05, 0.1) is 0 Å². The topological polar surface area (TPSA) is 12.9 Å². The van der Waals surface area contributed by atoms with E-state index in [1.54, 1.807) is 10.8 Å². The summed E-state index contributed by atoms with van der Waals surface area (Å²) >= 11 is 0. The Labute approximate surface area is 87.1 Å². The summed E-state index contributed by atoms with van der Waals surface area (Å²) in [7, 11) is 3.73. The van der Waals surface area contributed by atoms with E-state index < -0.39 is 0 Å². The normalized spacial score (nSPS) is 17.8. The van der Waals surface area contributed by atoms with Crippen LogP contribution < -0.4 is 0 Å².